The first-order valence-electron chi connectivity index (χ1n) is 9.96. The number of aromatic amines is 2. The van der Waals surface area contributed by atoms with Crippen molar-refractivity contribution in [3.63, 3.8) is 0 Å². The number of H-pyrrole nitrogens is 2. The van der Waals surface area contributed by atoms with Crippen LogP contribution in [0.15, 0.2) is 39.9 Å². The molecule has 7 nitrogen and oxygen atoms in total. The van der Waals surface area contributed by atoms with Crippen LogP contribution in [-0.4, -0.2) is 28.0 Å². The lowest BCUT2D eigenvalue weighted by molar-refractivity contribution is 0.0921. The predicted molar refractivity (Wildman–Crippen MR) is 110 cm³/mol. The van der Waals surface area contributed by atoms with Crippen LogP contribution in [-0.2, 0) is 0 Å². The van der Waals surface area contributed by atoms with Gasteiger partial charge in [0, 0.05) is 12.1 Å². The number of rotatable bonds is 6. The van der Waals surface area contributed by atoms with E-state index in [1.165, 1.54) is 5.56 Å². The molecule has 4 N–H and O–H groups in total. The number of carbonyl (C=O) groups is 1. The summed E-state index contributed by atoms with van der Waals surface area (Å²) < 4.78 is 0. The van der Waals surface area contributed by atoms with Crippen molar-refractivity contribution in [2.24, 2.45) is 0 Å². The van der Waals surface area contributed by atoms with Crippen LogP contribution >= 0.6 is 0 Å². The molecule has 1 amide bonds. The summed E-state index contributed by atoms with van der Waals surface area (Å²) in [6, 6.07) is 10.5. The molecule has 1 aromatic carbocycles. The SMILES string of the molecule is CCC(C)Nc1c(C(=O)NC2CCC(c3ccccc3)CC2)[nH]c(=O)[nH]c1=O. The lowest BCUT2D eigenvalue weighted by atomic mass is 9.82. The molecule has 1 aromatic heterocycles. The van der Waals surface area contributed by atoms with E-state index < -0.39 is 17.2 Å². The van der Waals surface area contributed by atoms with Gasteiger partial charge in [0.05, 0.1) is 0 Å². The maximum Gasteiger partial charge on any atom is 0.326 e. The quantitative estimate of drug-likeness (QED) is 0.614. The van der Waals surface area contributed by atoms with Gasteiger partial charge in [-0.2, -0.15) is 0 Å². The van der Waals surface area contributed by atoms with E-state index in [-0.39, 0.29) is 23.5 Å². The zero-order valence-electron chi connectivity index (χ0n) is 16.4. The number of amides is 1. The topological polar surface area (TPSA) is 107 Å². The number of benzene rings is 1. The average molecular weight is 384 g/mol. The highest BCUT2D eigenvalue weighted by molar-refractivity contribution is 5.97. The zero-order chi connectivity index (χ0) is 20.1. The third kappa shape index (κ3) is 4.71. The van der Waals surface area contributed by atoms with Crippen LogP contribution in [0, 0.1) is 0 Å². The van der Waals surface area contributed by atoms with E-state index in [0.29, 0.717) is 5.92 Å². The van der Waals surface area contributed by atoms with Gasteiger partial charge >= 0.3 is 5.69 Å². The van der Waals surface area contributed by atoms with Crippen LogP contribution in [0.25, 0.3) is 0 Å². The Bertz CT molecular complexity index is 911. The van der Waals surface area contributed by atoms with E-state index in [9.17, 15) is 14.4 Å². The van der Waals surface area contributed by atoms with Gasteiger partial charge in [-0.3, -0.25) is 14.6 Å². The maximum absolute atomic E-state index is 12.8. The van der Waals surface area contributed by atoms with E-state index in [1.807, 2.05) is 19.9 Å². The van der Waals surface area contributed by atoms with Gasteiger partial charge in [0.25, 0.3) is 11.5 Å². The van der Waals surface area contributed by atoms with Crippen LogP contribution in [0.3, 0.4) is 0 Å². The number of hydrogen-bond donors (Lipinski definition) is 4. The molecule has 28 heavy (non-hydrogen) atoms. The second kappa shape index (κ2) is 8.91. The summed E-state index contributed by atoms with van der Waals surface area (Å²) in [5.74, 6) is 0.0912. The van der Waals surface area contributed by atoms with Gasteiger partial charge in [-0.25, -0.2) is 4.79 Å². The zero-order valence-corrected chi connectivity index (χ0v) is 16.4. The Labute approximate surface area is 164 Å². The molecule has 3 rings (SSSR count). The molecule has 2 aromatic rings. The lowest BCUT2D eigenvalue weighted by Gasteiger charge is -2.29. The third-order valence-electron chi connectivity index (χ3n) is 5.51. The minimum absolute atomic E-state index is 0.000127. The lowest BCUT2D eigenvalue weighted by Crippen LogP contribution is -2.40. The van der Waals surface area contributed by atoms with Crippen molar-refractivity contribution >= 4 is 11.6 Å². The first-order valence-corrected chi connectivity index (χ1v) is 9.96. The minimum Gasteiger partial charge on any atom is -0.376 e. The first-order chi connectivity index (χ1) is 13.5. The van der Waals surface area contributed by atoms with E-state index in [2.05, 4.69) is 44.9 Å². The van der Waals surface area contributed by atoms with E-state index in [1.54, 1.807) is 0 Å². The van der Waals surface area contributed by atoms with Gasteiger partial charge in [-0.05, 0) is 50.5 Å². The number of nitrogens with one attached hydrogen (secondary N) is 4. The summed E-state index contributed by atoms with van der Waals surface area (Å²) in [4.78, 5) is 41.3. The Morgan fingerprint density at radius 1 is 1.11 bits per heavy atom. The van der Waals surface area contributed by atoms with Crippen molar-refractivity contribution in [3.8, 4) is 0 Å². The fourth-order valence-corrected chi connectivity index (χ4v) is 3.70. The Morgan fingerprint density at radius 3 is 2.43 bits per heavy atom. The molecule has 1 aliphatic carbocycles. The highest BCUT2D eigenvalue weighted by Crippen LogP contribution is 2.32. The average Bonchev–Trinajstić information content (AvgIpc) is 2.70. The highest BCUT2D eigenvalue weighted by atomic mass is 16.2. The molecule has 150 valence electrons. The van der Waals surface area contributed by atoms with Crippen molar-refractivity contribution < 1.29 is 4.79 Å². The summed E-state index contributed by atoms with van der Waals surface area (Å²) in [7, 11) is 0. The minimum atomic E-state index is -0.683. The molecule has 0 radical (unpaired) electrons. The summed E-state index contributed by atoms with van der Waals surface area (Å²) >= 11 is 0. The second-order valence-corrected chi connectivity index (χ2v) is 7.54. The van der Waals surface area contributed by atoms with Gasteiger partial charge in [-0.15, -0.1) is 0 Å². The molecule has 1 fully saturated rings. The Balaban J connectivity index is 1.68. The van der Waals surface area contributed by atoms with E-state index in [0.717, 1.165) is 32.1 Å². The monoisotopic (exact) mass is 384 g/mol. The molecule has 1 saturated carbocycles. The molecule has 1 aliphatic rings. The van der Waals surface area contributed by atoms with Crippen LogP contribution in [0.4, 0.5) is 5.69 Å². The molecule has 0 spiro atoms. The van der Waals surface area contributed by atoms with Crippen LogP contribution in [0.1, 0.15) is 67.9 Å². The molecule has 0 bridgehead atoms. The highest BCUT2D eigenvalue weighted by Gasteiger charge is 2.25. The molecule has 0 aliphatic heterocycles. The first kappa shape index (κ1) is 19.9. The van der Waals surface area contributed by atoms with Crippen molar-refractivity contribution in [3.05, 3.63) is 62.4 Å². The van der Waals surface area contributed by atoms with Crippen LogP contribution < -0.4 is 21.9 Å². The summed E-state index contributed by atoms with van der Waals surface area (Å²) in [6.45, 7) is 3.89. The largest absolute Gasteiger partial charge is 0.376 e. The molecular formula is C21H28N4O3. The predicted octanol–water partition coefficient (Wildman–Crippen LogP) is 2.73. The molecule has 1 unspecified atom stereocenters. The van der Waals surface area contributed by atoms with Crippen LogP contribution in [0.5, 0.6) is 0 Å². The van der Waals surface area contributed by atoms with Crippen molar-refractivity contribution in [1.82, 2.24) is 15.3 Å². The maximum atomic E-state index is 12.8. The molecule has 0 saturated heterocycles. The van der Waals surface area contributed by atoms with E-state index in [4.69, 9.17) is 0 Å². The third-order valence-corrected chi connectivity index (χ3v) is 5.51. The number of hydrogen-bond acceptors (Lipinski definition) is 4. The number of anilines is 1. The van der Waals surface area contributed by atoms with Crippen LogP contribution in [0.2, 0.25) is 0 Å². The Morgan fingerprint density at radius 2 is 1.79 bits per heavy atom. The van der Waals surface area contributed by atoms with Gasteiger partial charge < -0.3 is 15.6 Å². The van der Waals surface area contributed by atoms with Crippen molar-refractivity contribution in [2.75, 3.05) is 5.32 Å². The Hall–Kier alpha value is -2.83. The standard InChI is InChI=1S/C21H28N4O3/c1-3-13(2)22-17-18(24-21(28)25-20(17)27)19(26)23-16-11-9-15(10-12-16)14-7-5-4-6-8-14/h4-8,13,15-16,22H,3,9-12H2,1-2H3,(H,23,26)(H2,24,25,27,28). The fraction of sp³-hybridized carbons (Fsp3) is 0.476. The van der Waals surface area contributed by atoms with Crippen molar-refractivity contribution in [2.45, 2.75) is 64.0 Å². The van der Waals surface area contributed by atoms with Gasteiger partial charge in [0.15, 0.2) is 0 Å². The van der Waals surface area contributed by atoms with Gasteiger partial charge in [-0.1, -0.05) is 37.3 Å². The second-order valence-electron chi connectivity index (χ2n) is 7.54. The fourth-order valence-electron chi connectivity index (χ4n) is 3.70. The number of aromatic nitrogens is 2. The Kier molecular flexibility index (Phi) is 6.34. The van der Waals surface area contributed by atoms with Gasteiger partial charge in [0.2, 0.25) is 0 Å². The number of carbonyl (C=O) groups excluding carboxylic acids is 1. The van der Waals surface area contributed by atoms with Gasteiger partial charge in [0.1, 0.15) is 11.4 Å². The molecule has 7 heteroatoms. The smallest absolute Gasteiger partial charge is 0.326 e. The van der Waals surface area contributed by atoms with Crippen molar-refractivity contribution in [1.29, 1.82) is 0 Å². The molecule has 1 heterocycles. The summed E-state index contributed by atoms with van der Waals surface area (Å²) in [5.41, 5.74) is 0.189. The normalized spacial score (nSPS) is 20.4. The molecular weight excluding hydrogens is 356 g/mol. The summed E-state index contributed by atoms with van der Waals surface area (Å²) in [5, 5.41) is 6.02. The van der Waals surface area contributed by atoms with E-state index >= 15 is 0 Å². The summed E-state index contributed by atoms with van der Waals surface area (Å²) in [6.07, 6.45) is 4.51. The molecule has 1 atom stereocenters.